The number of fused-ring (bicyclic) bond motifs is 1. The zero-order valence-electron chi connectivity index (χ0n) is 17.9. The van der Waals surface area contributed by atoms with Crippen LogP contribution in [0, 0.1) is 0 Å². The van der Waals surface area contributed by atoms with Crippen LogP contribution in [0.2, 0.25) is 10.0 Å². The van der Waals surface area contributed by atoms with Gasteiger partial charge < -0.3 is 14.7 Å². The molecule has 2 saturated heterocycles. The summed E-state index contributed by atoms with van der Waals surface area (Å²) in [7, 11) is 1.67. The average molecular weight is 467 g/mol. The Hall–Kier alpha value is -2.03. The van der Waals surface area contributed by atoms with Crippen molar-refractivity contribution < 1.29 is 9.59 Å². The van der Waals surface area contributed by atoms with Gasteiger partial charge in [-0.1, -0.05) is 42.6 Å². The molecule has 0 aliphatic carbocycles. The lowest BCUT2D eigenvalue weighted by Crippen LogP contribution is -2.64. The van der Waals surface area contributed by atoms with Gasteiger partial charge in [-0.15, -0.1) is 0 Å². The number of benzene rings is 1. The second-order valence-electron chi connectivity index (χ2n) is 8.24. The van der Waals surface area contributed by atoms with Crippen LogP contribution in [0.5, 0.6) is 0 Å². The summed E-state index contributed by atoms with van der Waals surface area (Å²) in [5.74, 6) is 0.409. The molecule has 1 N–H and O–H groups in total. The number of halogens is 2. The molecule has 0 spiro atoms. The van der Waals surface area contributed by atoms with Crippen molar-refractivity contribution in [1.29, 1.82) is 0 Å². The van der Waals surface area contributed by atoms with Crippen LogP contribution in [-0.2, 0) is 11.3 Å². The molecular weight excluding hydrogens is 439 g/mol. The number of piperazine rings is 1. The third kappa shape index (κ3) is 4.47. The molecule has 0 saturated carbocycles. The number of hydrogen-bond donors (Lipinski definition) is 1. The van der Waals surface area contributed by atoms with Crippen LogP contribution in [0.25, 0.3) is 0 Å². The minimum atomic E-state index is -0.595. The molecule has 3 aliphatic rings. The highest BCUT2D eigenvalue weighted by Gasteiger charge is 2.49. The fourth-order valence-electron chi connectivity index (χ4n) is 4.33. The van der Waals surface area contributed by atoms with Crippen LogP contribution in [0.4, 0.5) is 4.79 Å². The summed E-state index contributed by atoms with van der Waals surface area (Å²) in [6, 6.07) is 4.34. The Balaban J connectivity index is 1.59. The molecule has 0 aromatic heterocycles. The van der Waals surface area contributed by atoms with E-state index in [0.717, 1.165) is 44.2 Å². The topological polar surface area (TPSA) is 71.5 Å². The maximum atomic E-state index is 12.8. The number of aliphatic imine (C=N–C) groups is 1. The zero-order chi connectivity index (χ0) is 22.1. The maximum Gasteiger partial charge on any atom is 0.325 e. The number of carbonyl (C=O) groups is 2. The summed E-state index contributed by atoms with van der Waals surface area (Å²) in [6.07, 6.45) is 1.82. The molecule has 31 heavy (non-hydrogen) atoms. The number of hydrogen-bond acceptors (Lipinski definition) is 6. The van der Waals surface area contributed by atoms with E-state index in [1.807, 2.05) is 11.0 Å². The number of likely N-dealkylation sites (N-methyl/N-ethyl adjacent to an activating group) is 1. The lowest BCUT2D eigenvalue weighted by Gasteiger charge is -2.40. The largest absolute Gasteiger partial charge is 0.340 e. The highest BCUT2D eigenvalue weighted by atomic mass is 35.5. The molecule has 2 unspecified atom stereocenters. The number of guanidine groups is 1. The van der Waals surface area contributed by atoms with E-state index in [9.17, 15) is 9.59 Å². The molecule has 0 radical (unpaired) electrons. The molecule has 2 fully saturated rings. The second-order valence-corrected chi connectivity index (χ2v) is 9.08. The molecule has 1 aromatic rings. The van der Waals surface area contributed by atoms with Crippen LogP contribution >= 0.6 is 23.2 Å². The first kappa shape index (κ1) is 22.2. The molecular formula is C21H28Cl2N6O2. The molecule has 4 rings (SSSR count). The van der Waals surface area contributed by atoms with Crippen molar-refractivity contribution in [3.8, 4) is 0 Å². The van der Waals surface area contributed by atoms with Crippen molar-refractivity contribution in [3.63, 3.8) is 0 Å². The molecule has 8 nitrogen and oxygen atoms in total. The number of rotatable bonds is 5. The number of amides is 3. The third-order valence-corrected chi connectivity index (χ3v) is 6.76. The lowest BCUT2D eigenvalue weighted by atomic mass is 10.1. The highest BCUT2D eigenvalue weighted by Crippen LogP contribution is 2.30. The maximum absolute atomic E-state index is 12.8. The van der Waals surface area contributed by atoms with Crippen molar-refractivity contribution >= 4 is 41.1 Å². The first-order valence-electron chi connectivity index (χ1n) is 10.7. The molecule has 3 aliphatic heterocycles. The van der Waals surface area contributed by atoms with Crippen molar-refractivity contribution in [2.75, 3.05) is 39.8 Å². The summed E-state index contributed by atoms with van der Waals surface area (Å²) >= 11 is 12.5. The fourth-order valence-corrected chi connectivity index (χ4v) is 4.80. The smallest absolute Gasteiger partial charge is 0.325 e. The van der Waals surface area contributed by atoms with Crippen molar-refractivity contribution in [2.45, 2.75) is 38.5 Å². The number of imide groups is 1. The molecule has 1 aromatic carbocycles. The van der Waals surface area contributed by atoms with E-state index in [2.05, 4.69) is 22.0 Å². The van der Waals surface area contributed by atoms with Crippen LogP contribution < -0.4 is 5.32 Å². The van der Waals surface area contributed by atoms with Crippen molar-refractivity contribution in [2.24, 2.45) is 4.99 Å². The predicted molar refractivity (Wildman–Crippen MR) is 121 cm³/mol. The first-order chi connectivity index (χ1) is 14.9. The van der Waals surface area contributed by atoms with Gasteiger partial charge >= 0.3 is 6.03 Å². The van der Waals surface area contributed by atoms with E-state index in [1.165, 1.54) is 17.7 Å². The van der Waals surface area contributed by atoms with Crippen LogP contribution in [0.1, 0.15) is 25.3 Å². The summed E-state index contributed by atoms with van der Waals surface area (Å²) in [4.78, 5) is 38.0. The molecule has 3 heterocycles. The van der Waals surface area contributed by atoms with Gasteiger partial charge in [0, 0.05) is 49.8 Å². The Morgan fingerprint density at radius 2 is 1.90 bits per heavy atom. The van der Waals surface area contributed by atoms with Gasteiger partial charge in [0.15, 0.2) is 18.2 Å². The van der Waals surface area contributed by atoms with Gasteiger partial charge in [0.1, 0.15) is 0 Å². The average Bonchev–Trinajstić information content (AvgIpc) is 3.13. The Morgan fingerprint density at radius 1 is 1.16 bits per heavy atom. The molecule has 2 atom stereocenters. The second kappa shape index (κ2) is 9.22. The fraction of sp³-hybridized carbons (Fsp3) is 0.571. The predicted octanol–water partition coefficient (Wildman–Crippen LogP) is 2.46. The lowest BCUT2D eigenvalue weighted by molar-refractivity contribution is -0.127. The molecule has 168 valence electrons. The summed E-state index contributed by atoms with van der Waals surface area (Å²) in [6.45, 7) is 7.26. The summed E-state index contributed by atoms with van der Waals surface area (Å²) in [5.41, 5.74) is 0.855. The highest BCUT2D eigenvalue weighted by molar-refractivity contribution is 6.35. The minimum absolute atomic E-state index is 0.335. The number of urea groups is 1. The van der Waals surface area contributed by atoms with E-state index >= 15 is 0 Å². The molecule has 3 amide bonds. The number of nitrogens with one attached hydrogen (secondary N) is 1. The van der Waals surface area contributed by atoms with Crippen LogP contribution in [0.3, 0.4) is 0 Å². The van der Waals surface area contributed by atoms with Gasteiger partial charge in [-0.3, -0.25) is 15.0 Å². The summed E-state index contributed by atoms with van der Waals surface area (Å²) < 4.78 is 0. The van der Waals surface area contributed by atoms with Gasteiger partial charge in [0.05, 0.1) is 0 Å². The monoisotopic (exact) mass is 466 g/mol. The zero-order valence-corrected chi connectivity index (χ0v) is 19.4. The van der Waals surface area contributed by atoms with Crippen LogP contribution in [0.15, 0.2) is 23.2 Å². The first-order valence-corrected chi connectivity index (χ1v) is 11.5. The van der Waals surface area contributed by atoms with Gasteiger partial charge in [-0.25, -0.2) is 9.79 Å². The quantitative estimate of drug-likeness (QED) is 0.721. The number of carbonyl (C=O) groups excluding carboxylic acids is 2. The van der Waals surface area contributed by atoms with Gasteiger partial charge in [-0.2, -0.15) is 0 Å². The Morgan fingerprint density at radius 3 is 2.58 bits per heavy atom. The van der Waals surface area contributed by atoms with E-state index in [-0.39, 0.29) is 5.91 Å². The van der Waals surface area contributed by atoms with E-state index < -0.39 is 18.2 Å². The molecule has 10 heteroatoms. The van der Waals surface area contributed by atoms with Gasteiger partial charge in [-0.05, 0) is 30.7 Å². The summed E-state index contributed by atoms with van der Waals surface area (Å²) in [5, 5.41) is 3.55. The molecule has 0 bridgehead atoms. The van der Waals surface area contributed by atoms with Crippen molar-refractivity contribution in [3.05, 3.63) is 33.8 Å². The van der Waals surface area contributed by atoms with Crippen molar-refractivity contribution in [1.82, 2.24) is 24.9 Å². The third-order valence-electron chi connectivity index (χ3n) is 6.18. The van der Waals surface area contributed by atoms with Crippen LogP contribution in [-0.4, -0.2) is 89.5 Å². The van der Waals surface area contributed by atoms with Gasteiger partial charge in [0.2, 0.25) is 0 Å². The van der Waals surface area contributed by atoms with E-state index in [1.54, 1.807) is 19.2 Å². The standard InChI is InChI=1S/C21H28Cl2N6O2/c1-3-4-7-27-8-10-28(11-9-27)20-24-18-17(19(30)25-21(31)26(18)2)29(20)13-14-5-6-15(22)12-16(14)23/h5-6,12,17-18H,3-4,7-11,13H2,1-2H3,(H,25,30,31). The van der Waals surface area contributed by atoms with Gasteiger partial charge in [0.25, 0.3) is 5.91 Å². The Kier molecular flexibility index (Phi) is 6.60. The number of unbranched alkanes of at least 4 members (excludes halogenated alkanes) is 1. The van der Waals surface area contributed by atoms with E-state index in [0.29, 0.717) is 16.6 Å². The Labute approximate surface area is 192 Å². The van der Waals surface area contributed by atoms with E-state index in [4.69, 9.17) is 28.2 Å². The SMILES string of the molecule is CCCCN1CCN(C2=NC3C(C(=O)NC(=O)N3C)N2Cc2ccc(Cl)cc2Cl)CC1. The Bertz CT molecular complexity index is 887. The number of nitrogens with zero attached hydrogens (tertiary/aromatic N) is 5. The minimum Gasteiger partial charge on any atom is -0.340 e. The normalized spacial score (nSPS) is 24.4.